The molecule has 0 saturated heterocycles. The molecule has 0 spiro atoms. The molecule has 3 N–H and O–H groups in total. The summed E-state index contributed by atoms with van der Waals surface area (Å²) in [4.78, 5) is 56.5. The number of rotatable bonds is 16. The number of carbonyl (C=O) groups excluding carboxylic acids is 3. The number of nitrogens with zero attached hydrogens (tertiary/aromatic N) is 3. The average Bonchev–Trinajstić information content (AvgIpc) is 4.04. The second-order valence-electron chi connectivity index (χ2n) is 17.9. The zero-order valence-electron chi connectivity index (χ0n) is 35.1. The number of amides is 2. The van der Waals surface area contributed by atoms with Crippen LogP contribution in [0.4, 0.5) is 6.01 Å². The summed E-state index contributed by atoms with van der Waals surface area (Å²) in [7, 11) is -2.20. The van der Waals surface area contributed by atoms with Gasteiger partial charge in [0.25, 0.3) is 11.9 Å². The van der Waals surface area contributed by atoms with Gasteiger partial charge < -0.3 is 24.5 Å². The summed E-state index contributed by atoms with van der Waals surface area (Å²) in [5, 5.41) is 9.19. The summed E-state index contributed by atoms with van der Waals surface area (Å²) >= 11 is 1.51. The topological polar surface area (TPSA) is 192 Å². The molecule has 3 aliphatic rings. The Hall–Kier alpha value is -4.57. The number of aryl methyl sites for hydroxylation is 1. The number of ketones is 1. The molecule has 3 fully saturated rings. The second-order valence-corrected chi connectivity index (χ2v) is 20.8. The Morgan fingerprint density at radius 2 is 1.85 bits per heavy atom. The van der Waals surface area contributed by atoms with Crippen LogP contribution in [0.1, 0.15) is 110 Å². The van der Waals surface area contributed by atoms with Gasteiger partial charge in [-0.3, -0.25) is 19.1 Å². The van der Waals surface area contributed by atoms with Crippen molar-refractivity contribution in [1.29, 1.82) is 0 Å². The fourth-order valence-corrected chi connectivity index (χ4v) is 10.7. The van der Waals surface area contributed by atoms with Crippen LogP contribution in [-0.4, -0.2) is 71.0 Å². The zero-order chi connectivity index (χ0) is 42.4. The van der Waals surface area contributed by atoms with Gasteiger partial charge >= 0.3 is 0 Å². The van der Waals surface area contributed by atoms with Crippen LogP contribution in [0, 0.1) is 30.1 Å². The number of Topliss-reactive ketones (excluding diaryl/α,β-unsaturated/α-hetero) is 1. The van der Waals surface area contributed by atoms with E-state index in [-0.39, 0.29) is 41.9 Å². The number of sulfonamides is 1. The number of hydrogen-bond donors (Lipinski definition) is 3. The van der Waals surface area contributed by atoms with Gasteiger partial charge in [0.05, 0.1) is 41.9 Å². The average molecular weight is 849 g/mol. The molecule has 1 unspecified atom stereocenters. The number of oxazole rings is 1. The number of fused-ring (bicyclic) bond motifs is 1. The zero-order valence-corrected chi connectivity index (χ0v) is 36.7. The first-order chi connectivity index (χ1) is 27.9. The van der Waals surface area contributed by atoms with Crippen molar-refractivity contribution < 1.29 is 36.7 Å². The largest absolute Gasteiger partial charge is 0.496 e. The quantitative estimate of drug-likeness (QED) is 0.102. The van der Waals surface area contributed by atoms with E-state index in [1.54, 1.807) is 7.11 Å². The van der Waals surface area contributed by atoms with E-state index in [1.807, 2.05) is 58.2 Å². The van der Waals surface area contributed by atoms with Crippen LogP contribution in [0.5, 0.6) is 11.5 Å². The van der Waals surface area contributed by atoms with Crippen LogP contribution in [0.15, 0.2) is 40.5 Å². The SMILES string of the molecule is CC[C@@H]1C[C@]1(NC(=O)[C@H]1CC(CC(=O)[C@@H](Nc2ncco2)C(C)(C)C)C[C@H](Oc2cc(-c3nc(C(C)C)cs3)nc3c(C)c(OC)ccc23)C1)C(=O)NS(=O)(=O)C1CC1. The monoisotopic (exact) mass is 848 g/mol. The number of methoxy groups -OCH3 is 1. The summed E-state index contributed by atoms with van der Waals surface area (Å²) < 4.78 is 46.0. The molecule has 7 rings (SSSR count). The van der Waals surface area contributed by atoms with E-state index in [1.165, 1.54) is 23.8 Å². The summed E-state index contributed by atoms with van der Waals surface area (Å²) in [6.45, 7) is 14.0. The van der Waals surface area contributed by atoms with Crippen LogP contribution in [0.25, 0.3) is 21.6 Å². The van der Waals surface area contributed by atoms with Crippen molar-refractivity contribution in [2.75, 3.05) is 12.4 Å². The fourth-order valence-electron chi connectivity index (χ4n) is 8.43. The van der Waals surface area contributed by atoms with Crippen molar-refractivity contribution in [2.24, 2.45) is 23.2 Å². The fraction of sp³-hybridized carbons (Fsp3) is 0.581. The van der Waals surface area contributed by atoms with Gasteiger partial charge in [-0.15, -0.1) is 11.3 Å². The number of anilines is 1. The standard InChI is InChI=1S/C43H56N6O8S2/c1-9-27-21-43(27,40(52)49-59(53,54)29-10-11-29)48-38(51)26-16-25(18-33(50)37(42(5,6)7)47-41-44-14-15-56-41)17-28(19-26)57-35-20-31(39-46-32(22-58-39)23(2)3)45-36-24(4)34(55-8)13-12-30(35)36/h12-15,20,22-23,25-29,37H,9-11,16-19,21H2,1-8H3,(H,44,47)(H,48,51)(H,49,52)/t25?,26-,27+,28-,37+,43+/m0/s1. The van der Waals surface area contributed by atoms with Crippen molar-refractivity contribution in [3.63, 3.8) is 0 Å². The van der Waals surface area contributed by atoms with Gasteiger partial charge in [-0.25, -0.2) is 23.4 Å². The molecule has 0 aliphatic heterocycles. The third kappa shape index (κ3) is 9.13. The van der Waals surface area contributed by atoms with Gasteiger partial charge in [-0.2, -0.15) is 0 Å². The van der Waals surface area contributed by atoms with Crippen molar-refractivity contribution in [3.05, 3.63) is 47.3 Å². The minimum atomic E-state index is -3.82. The predicted molar refractivity (Wildman–Crippen MR) is 226 cm³/mol. The first kappa shape index (κ1) is 42.6. The Balaban J connectivity index is 1.21. The third-order valence-electron chi connectivity index (χ3n) is 12.1. The Morgan fingerprint density at radius 3 is 2.46 bits per heavy atom. The summed E-state index contributed by atoms with van der Waals surface area (Å²) in [5.74, 6) is -0.715. The first-order valence-corrected chi connectivity index (χ1v) is 23.0. The van der Waals surface area contributed by atoms with Crippen molar-refractivity contribution >= 4 is 55.9 Å². The van der Waals surface area contributed by atoms with Crippen molar-refractivity contribution in [1.82, 2.24) is 25.0 Å². The van der Waals surface area contributed by atoms with E-state index in [4.69, 9.17) is 23.9 Å². The Bertz CT molecular complexity index is 2320. The van der Waals surface area contributed by atoms with Gasteiger partial charge in [0.1, 0.15) is 34.0 Å². The van der Waals surface area contributed by atoms with Crippen molar-refractivity contribution in [3.8, 4) is 22.2 Å². The highest BCUT2D eigenvalue weighted by Gasteiger charge is 2.61. The number of benzene rings is 1. The van der Waals surface area contributed by atoms with Gasteiger partial charge in [0, 0.05) is 34.7 Å². The molecule has 16 heteroatoms. The Morgan fingerprint density at radius 1 is 1.08 bits per heavy atom. The normalized spacial score (nSPS) is 23.7. The Kier molecular flexibility index (Phi) is 11.9. The maximum Gasteiger partial charge on any atom is 0.295 e. The molecule has 1 aromatic carbocycles. The van der Waals surface area contributed by atoms with Crippen LogP contribution in [0.3, 0.4) is 0 Å². The number of hydrogen-bond acceptors (Lipinski definition) is 13. The van der Waals surface area contributed by atoms with E-state index < -0.39 is 50.2 Å². The number of thiazole rings is 1. The molecule has 318 valence electrons. The highest BCUT2D eigenvalue weighted by Crippen LogP contribution is 2.48. The molecule has 3 saturated carbocycles. The minimum absolute atomic E-state index is 0.0565. The number of ether oxygens (including phenoxy) is 2. The van der Waals surface area contributed by atoms with Crippen LogP contribution >= 0.6 is 11.3 Å². The molecule has 2 amide bonds. The van der Waals surface area contributed by atoms with E-state index in [0.29, 0.717) is 67.7 Å². The molecule has 3 heterocycles. The molecule has 0 bridgehead atoms. The van der Waals surface area contributed by atoms with E-state index >= 15 is 0 Å². The maximum atomic E-state index is 14.4. The smallest absolute Gasteiger partial charge is 0.295 e. The molecule has 3 aliphatic carbocycles. The van der Waals surface area contributed by atoms with E-state index in [9.17, 15) is 22.8 Å². The second kappa shape index (κ2) is 16.5. The number of carbonyl (C=O) groups is 3. The van der Waals surface area contributed by atoms with Crippen LogP contribution in [0.2, 0.25) is 0 Å². The predicted octanol–water partition coefficient (Wildman–Crippen LogP) is 7.33. The van der Waals surface area contributed by atoms with Crippen LogP contribution in [-0.2, 0) is 24.4 Å². The molecular formula is C43H56N6O8S2. The molecule has 0 radical (unpaired) electrons. The number of aromatic nitrogens is 3. The lowest BCUT2D eigenvalue weighted by Gasteiger charge is -2.37. The molecule has 14 nitrogen and oxygen atoms in total. The number of nitrogens with one attached hydrogen (secondary N) is 3. The lowest BCUT2D eigenvalue weighted by molar-refractivity contribution is -0.134. The van der Waals surface area contributed by atoms with Gasteiger partial charge in [0.2, 0.25) is 15.9 Å². The first-order valence-electron chi connectivity index (χ1n) is 20.6. The lowest BCUT2D eigenvalue weighted by Crippen LogP contribution is -2.54. The minimum Gasteiger partial charge on any atom is -0.496 e. The summed E-state index contributed by atoms with van der Waals surface area (Å²) in [5.41, 5.74) is 1.35. The van der Waals surface area contributed by atoms with Gasteiger partial charge in [0.15, 0.2) is 5.78 Å². The maximum absolute atomic E-state index is 14.4. The van der Waals surface area contributed by atoms with Gasteiger partial charge in [-0.05, 0) is 80.8 Å². The summed E-state index contributed by atoms with van der Waals surface area (Å²) in [6, 6.07) is 5.31. The van der Waals surface area contributed by atoms with E-state index in [2.05, 4.69) is 34.2 Å². The Labute approximate surface area is 350 Å². The molecule has 3 aromatic heterocycles. The number of pyridine rings is 1. The van der Waals surface area contributed by atoms with Crippen LogP contribution < -0.4 is 24.8 Å². The van der Waals surface area contributed by atoms with Gasteiger partial charge in [-0.1, -0.05) is 48.0 Å². The molecule has 6 atom stereocenters. The summed E-state index contributed by atoms with van der Waals surface area (Å²) in [6.07, 6.45) is 5.73. The van der Waals surface area contributed by atoms with Crippen molar-refractivity contribution in [2.45, 2.75) is 129 Å². The molecule has 4 aromatic rings. The highest BCUT2D eigenvalue weighted by molar-refractivity contribution is 7.91. The van der Waals surface area contributed by atoms with E-state index in [0.717, 1.165) is 21.7 Å². The molecule has 59 heavy (non-hydrogen) atoms. The highest BCUT2D eigenvalue weighted by atomic mass is 32.2. The third-order valence-corrected chi connectivity index (χ3v) is 14.8. The lowest BCUT2D eigenvalue weighted by atomic mass is 9.74. The molecular weight excluding hydrogens is 793 g/mol.